The Morgan fingerprint density at radius 2 is 2.00 bits per heavy atom. The first kappa shape index (κ1) is 19.7. The fourth-order valence-corrected chi connectivity index (χ4v) is 4.85. The number of methoxy groups -OCH3 is 1. The van der Waals surface area contributed by atoms with Crippen molar-refractivity contribution in [2.24, 2.45) is 0 Å². The lowest BCUT2D eigenvalue weighted by Gasteiger charge is -2.26. The summed E-state index contributed by atoms with van der Waals surface area (Å²) in [6.07, 6.45) is 0.750. The molecule has 27 heavy (non-hydrogen) atoms. The molecule has 6 nitrogen and oxygen atoms in total. The van der Waals surface area contributed by atoms with E-state index in [1.807, 2.05) is 31.2 Å². The number of benzene rings is 2. The maximum absolute atomic E-state index is 13.0. The van der Waals surface area contributed by atoms with E-state index in [9.17, 15) is 13.2 Å². The van der Waals surface area contributed by atoms with Crippen molar-refractivity contribution in [3.63, 3.8) is 0 Å². The lowest BCUT2D eigenvalue weighted by Crippen LogP contribution is -2.43. The largest absolute Gasteiger partial charge is 0.495 e. The quantitative estimate of drug-likeness (QED) is 0.762. The van der Waals surface area contributed by atoms with Crippen LogP contribution in [0, 0.1) is 0 Å². The molecule has 1 aliphatic rings. The molecule has 3 rings (SSSR count). The van der Waals surface area contributed by atoms with Crippen molar-refractivity contribution in [3.05, 3.63) is 53.1 Å². The van der Waals surface area contributed by atoms with Crippen LogP contribution in [-0.4, -0.2) is 45.4 Å². The van der Waals surface area contributed by atoms with Crippen molar-refractivity contribution in [2.45, 2.75) is 24.3 Å². The van der Waals surface area contributed by atoms with Gasteiger partial charge in [-0.25, -0.2) is 8.42 Å². The SMILES string of the molecule is COc1ccc(Cl)cc1S(=O)(=O)N(C)CC(=O)N1c2ccccc2C[C@H]1C. The summed E-state index contributed by atoms with van der Waals surface area (Å²) in [7, 11) is -1.19. The highest BCUT2D eigenvalue weighted by Gasteiger charge is 2.33. The van der Waals surface area contributed by atoms with E-state index in [1.165, 1.54) is 26.3 Å². The summed E-state index contributed by atoms with van der Waals surface area (Å²) in [5.41, 5.74) is 1.92. The second kappa shape index (κ2) is 7.50. The molecule has 0 saturated heterocycles. The molecular formula is C19H21ClN2O4S. The molecule has 2 aromatic rings. The summed E-state index contributed by atoms with van der Waals surface area (Å²) in [5.74, 6) is -0.0990. The van der Waals surface area contributed by atoms with Gasteiger partial charge >= 0.3 is 0 Å². The van der Waals surface area contributed by atoms with Crippen LogP contribution in [0.4, 0.5) is 5.69 Å². The van der Waals surface area contributed by atoms with Crippen molar-refractivity contribution in [1.29, 1.82) is 0 Å². The zero-order valence-corrected chi connectivity index (χ0v) is 16.9. The van der Waals surface area contributed by atoms with Crippen LogP contribution in [0.3, 0.4) is 0 Å². The Balaban J connectivity index is 1.86. The van der Waals surface area contributed by atoms with Gasteiger partial charge in [0.05, 0.1) is 13.7 Å². The topological polar surface area (TPSA) is 66.9 Å². The zero-order chi connectivity index (χ0) is 19.8. The summed E-state index contributed by atoms with van der Waals surface area (Å²) in [6.45, 7) is 1.67. The highest BCUT2D eigenvalue weighted by Crippen LogP contribution is 2.33. The van der Waals surface area contributed by atoms with E-state index in [0.717, 1.165) is 22.0 Å². The molecular weight excluding hydrogens is 388 g/mol. The molecule has 1 amide bonds. The molecule has 2 aromatic carbocycles. The second-order valence-corrected chi connectivity index (χ2v) is 8.95. The predicted octanol–water partition coefficient (Wildman–Crippen LogP) is 2.95. The molecule has 8 heteroatoms. The molecule has 0 N–H and O–H groups in total. The maximum Gasteiger partial charge on any atom is 0.247 e. The average Bonchev–Trinajstić information content (AvgIpc) is 2.97. The molecule has 0 spiro atoms. The molecule has 1 aliphatic heterocycles. The molecule has 0 radical (unpaired) electrons. The van der Waals surface area contributed by atoms with Gasteiger partial charge in [0.25, 0.3) is 0 Å². The monoisotopic (exact) mass is 408 g/mol. The van der Waals surface area contributed by atoms with Crippen LogP contribution < -0.4 is 9.64 Å². The van der Waals surface area contributed by atoms with Crippen molar-refractivity contribution >= 4 is 33.2 Å². The summed E-state index contributed by atoms with van der Waals surface area (Å²) < 4.78 is 32.1. The Morgan fingerprint density at radius 3 is 2.70 bits per heavy atom. The number of rotatable bonds is 5. The first-order valence-corrected chi connectivity index (χ1v) is 10.3. The van der Waals surface area contributed by atoms with E-state index in [2.05, 4.69) is 0 Å². The minimum atomic E-state index is -3.95. The van der Waals surface area contributed by atoms with E-state index >= 15 is 0 Å². The van der Waals surface area contributed by atoms with Gasteiger partial charge in [-0.05, 0) is 43.2 Å². The third-order valence-electron chi connectivity index (χ3n) is 4.65. The molecule has 1 heterocycles. The normalized spacial score (nSPS) is 16.5. The number of para-hydroxylation sites is 1. The number of amides is 1. The fraction of sp³-hybridized carbons (Fsp3) is 0.316. The number of anilines is 1. The van der Waals surface area contributed by atoms with E-state index < -0.39 is 10.0 Å². The summed E-state index contributed by atoms with van der Waals surface area (Å²) >= 11 is 5.96. The second-order valence-electron chi connectivity index (χ2n) is 6.50. The number of ether oxygens (including phenoxy) is 1. The molecule has 0 fully saturated rings. The first-order chi connectivity index (χ1) is 12.8. The molecule has 0 aromatic heterocycles. The predicted molar refractivity (Wildman–Crippen MR) is 105 cm³/mol. The Morgan fingerprint density at radius 1 is 1.30 bits per heavy atom. The Kier molecular flexibility index (Phi) is 5.46. The number of halogens is 1. The van der Waals surface area contributed by atoms with Gasteiger partial charge < -0.3 is 9.64 Å². The number of hydrogen-bond acceptors (Lipinski definition) is 4. The zero-order valence-electron chi connectivity index (χ0n) is 15.3. The first-order valence-electron chi connectivity index (χ1n) is 8.45. The molecule has 1 atom stereocenters. The van der Waals surface area contributed by atoms with Gasteiger partial charge in [-0.1, -0.05) is 29.8 Å². The van der Waals surface area contributed by atoms with Crippen molar-refractivity contribution < 1.29 is 17.9 Å². The minimum Gasteiger partial charge on any atom is -0.495 e. The van der Waals surface area contributed by atoms with Crippen LogP contribution in [0.25, 0.3) is 0 Å². The average molecular weight is 409 g/mol. The molecule has 0 aliphatic carbocycles. The highest BCUT2D eigenvalue weighted by atomic mass is 35.5. The van der Waals surface area contributed by atoms with Gasteiger partial charge in [0, 0.05) is 23.8 Å². The minimum absolute atomic E-state index is 0.0216. The van der Waals surface area contributed by atoms with E-state index in [1.54, 1.807) is 11.0 Å². The molecule has 0 saturated carbocycles. The van der Waals surface area contributed by atoms with Crippen molar-refractivity contribution in [3.8, 4) is 5.75 Å². The highest BCUT2D eigenvalue weighted by molar-refractivity contribution is 7.89. The Hall–Kier alpha value is -2.09. The smallest absolute Gasteiger partial charge is 0.247 e. The number of carbonyl (C=O) groups is 1. The van der Waals surface area contributed by atoms with Gasteiger partial charge in [0.15, 0.2) is 0 Å². The van der Waals surface area contributed by atoms with Gasteiger partial charge in [-0.15, -0.1) is 0 Å². The maximum atomic E-state index is 13.0. The number of fused-ring (bicyclic) bond motifs is 1. The molecule has 144 valence electrons. The van der Waals surface area contributed by atoms with E-state index in [0.29, 0.717) is 0 Å². The molecule has 0 unspecified atom stereocenters. The van der Waals surface area contributed by atoms with Gasteiger partial charge in [0.2, 0.25) is 15.9 Å². The third-order valence-corrected chi connectivity index (χ3v) is 6.71. The van der Waals surface area contributed by atoms with Gasteiger partial charge in [-0.2, -0.15) is 4.31 Å². The van der Waals surface area contributed by atoms with Gasteiger partial charge in [0.1, 0.15) is 10.6 Å². The number of likely N-dealkylation sites (N-methyl/N-ethyl adjacent to an activating group) is 1. The standard InChI is InChI=1S/C19H21ClN2O4S/c1-13-10-14-6-4-5-7-16(14)22(13)19(23)12-21(2)27(24,25)18-11-15(20)8-9-17(18)26-3/h4-9,11,13H,10,12H2,1-3H3/t13-/m1/s1. The van der Waals surface area contributed by atoms with Crippen LogP contribution >= 0.6 is 11.6 Å². The fourth-order valence-electron chi connectivity index (χ4n) is 3.32. The summed E-state index contributed by atoms with van der Waals surface area (Å²) in [6, 6.07) is 12.0. The number of sulfonamides is 1. The van der Waals surface area contributed by atoms with Crippen LogP contribution in [0.5, 0.6) is 5.75 Å². The van der Waals surface area contributed by atoms with Crippen LogP contribution in [0.2, 0.25) is 5.02 Å². The molecule has 0 bridgehead atoms. The van der Waals surface area contributed by atoms with Crippen molar-refractivity contribution in [1.82, 2.24) is 4.31 Å². The number of carbonyl (C=O) groups excluding carboxylic acids is 1. The lowest BCUT2D eigenvalue weighted by molar-refractivity contribution is -0.118. The van der Waals surface area contributed by atoms with Gasteiger partial charge in [-0.3, -0.25) is 4.79 Å². The third kappa shape index (κ3) is 3.67. The van der Waals surface area contributed by atoms with Crippen LogP contribution in [0.15, 0.2) is 47.4 Å². The number of nitrogens with zero attached hydrogens (tertiary/aromatic N) is 2. The van der Waals surface area contributed by atoms with Crippen LogP contribution in [-0.2, 0) is 21.2 Å². The Bertz CT molecular complexity index is 977. The van der Waals surface area contributed by atoms with Crippen molar-refractivity contribution in [2.75, 3.05) is 25.6 Å². The van der Waals surface area contributed by atoms with E-state index in [-0.39, 0.29) is 34.2 Å². The lowest BCUT2D eigenvalue weighted by atomic mass is 10.1. The Labute approximate surface area is 164 Å². The summed E-state index contributed by atoms with van der Waals surface area (Å²) in [5, 5.41) is 0.274. The van der Waals surface area contributed by atoms with Crippen LogP contribution in [0.1, 0.15) is 12.5 Å². The van der Waals surface area contributed by atoms with E-state index in [4.69, 9.17) is 16.3 Å². The number of hydrogen-bond donors (Lipinski definition) is 0. The summed E-state index contributed by atoms with van der Waals surface area (Å²) in [4.78, 5) is 14.5.